The van der Waals surface area contributed by atoms with Crippen molar-refractivity contribution in [2.75, 3.05) is 23.5 Å². The summed E-state index contributed by atoms with van der Waals surface area (Å²) in [5.41, 5.74) is 2.64. The normalized spacial score (nSPS) is 22.3. The summed E-state index contributed by atoms with van der Waals surface area (Å²) in [7, 11) is -1.10. The van der Waals surface area contributed by atoms with E-state index in [1.807, 2.05) is 6.20 Å². The maximum Gasteiger partial charge on any atom is 0.256 e. The number of pyridine rings is 1. The Hall–Kier alpha value is -1.38. The first-order chi connectivity index (χ1) is 14.4. The first-order valence-corrected chi connectivity index (χ1v) is 15.9. The lowest BCUT2D eigenvalue weighted by molar-refractivity contribution is 0.0899. The third kappa shape index (κ3) is 4.60. The van der Waals surface area contributed by atoms with Crippen molar-refractivity contribution < 1.29 is 9.53 Å². The number of nitrogens with one attached hydrogen (secondary N) is 1. The number of rotatable bonds is 7. The maximum atomic E-state index is 12.6. The molecule has 1 N–H and O–H groups in total. The molecule has 30 heavy (non-hydrogen) atoms. The van der Waals surface area contributed by atoms with Gasteiger partial charge in [0.2, 0.25) is 0 Å². The Labute approximate surface area is 188 Å². The van der Waals surface area contributed by atoms with Gasteiger partial charge in [-0.3, -0.25) is 4.79 Å². The van der Waals surface area contributed by atoms with E-state index in [0.717, 1.165) is 53.5 Å². The second-order valence-corrected chi connectivity index (χ2v) is 16.1. The lowest BCUT2D eigenvalue weighted by Gasteiger charge is -2.41. The largest absolute Gasteiger partial charge is 0.361 e. The van der Waals surface area contributed by atoms with Crippen LogP contribution in [0.1, 0.15) is 36.0 Å². The fraction of sp³-hybridized carbons (Fsp3) is 0.636. The van der Waals surface area contributed by atoms with E-state index in [4.69, 9.17) is 4.74 Å². The number of ether oxygens (including phenoxy) is 1. The van der Waals surface area contributed by atoms with Crippen molar-refractivity contribution in [1.29, 1.82) is 0 Å². The third-order valence-corrected chi connectivity index (χ3v) is 9.02. The minimum absolute atomic E-state index is 0.0241. The molecule has 4 rings (SSSR count). The monoisotopic (exact) mass is 492 g/mol. The fourth-order valence-corrected chi connectivity index (χ4v) is 5.90. The molecular formula is C22H33BrN4O2Si. The minimum Gasteiger partial charge on any atom is -0.361 e. The zero-order valence-electron chi connectivity index (χ0n) is 18.3. The predicted molar refractivity (Wildman–Crippen MR) is 128 cm³/mol. The van der Waals surface area contributed by atoms with Crippen LogP contribution in [0.2, 0.25) is 25.7 Å². The quantitative estimate of drug-likeness (QED) is 0.342. The van der Waals surface area contributed by atoms with Gasteiger partial charge in [0.15, 0.2) is 0 Å². The van der Waals surface area contributed by atoms with Crippen LogP contribution in [0.4, 0.5) is 5.69 Å². The van der Waals surface area contributed by atoms with Crippen LogP contribution >= 0.6 is 15.9 Å². The molecule has 1 saturated carbocycles. The van der Waals surface area contributed by atoms with Crippen LogP contribution in [0.3, 0.4) is 0 Å². The molecular weight excluding hydrogens is 460 g/mol. The van der Waals surface area contributed by atoms with E-state index in [2.05, 4.69) is 61.4 Å². The summed E-state index contributed by atoms with van der Waals surface area (Å²) < 4.78 is 8.02. The van der Waals surface area contributed by atoms with Gasteiger partial charge in [0, 0.05) is 43.8 Å². The highest BCUT2D eigenvalue weighted by atomic mass is 79.9. The van der Waals surface area contributed by atoms with Crippen LogP contribution in [0.25, 0.3) is 11.0 Å². The predicted octanol–water partition coefficient (Wildman–Crippen LogP) is 4.81. The molecule has 1 aliphatic carbocycles. The van der Waals surface area contributed by atoms with Crippen LogP contribution in [-0.4, -0.2) is 48.2 Å². The first kappa shape index (κ1) is 21.8. The van der Waals surface area contributed by atoms with Crippen LogP contribution in [0.5, 0.6) is 0 Å². The van der Waals surface area contributed by atoms with Gasteiger partial charge in [-0.25, -0.2) is 4.98 Å². The zero-order chi connectivity index (χ0) is 21.3. The van der Waals surface area contributed by atoms with Crippen molar-refractivity contribution in [3.8, 4) is 0 Å². The Morgan fingerprint density at radius 1 is 1.27 bits per heavy atom. The molecule has 1 aliphatic heterocycles. The summed E-state index contributed by atoms with van der Waals surface area (Å²) >= 11 is 3.64. The van der Waals surface area contributed by atoms with Gasteiger partial charge < -0.3 is 19.5 Å². The SMILES string of the molecule is C[Si](C)(C)CCOCn1ccc2c3c(cnc21)C(=O)NCN3[C@H]1CC[C@H](CBr)CC1. The number of fused-ring (bicyclic) bond motifs is 3. The van der Waals surface area contributed by atoms with Gasteiger partial charge in [-0.15, -0.1) is 0 Å². The summed E-state index contributed by atoms with van der Waals surface area (Å²) in [6, 6.07) is 3.71. The van der Waals surface area contributed by atoms with Crippen LogP contribution < -0.4 is 10.2 Å². The van der Waals surface area contributed by atoms with Gasteiger partial charge in [0.25, 0.3) is 5.91 Å². The molecule has 0 saturated heterocycles. The minimum atomic E-state index is -1.10. The van der Waals surface area contributed by atoms with Crippen molar-refractivity contribution in [3.05, 3.63) is 24.0 Å². The number of carbonyl (C=O) groups is 1. The Balaban J connectivity index is 1.57. The number of halogens is 1. The van der Waals surface area contributed by atoms with Gasteiger partial charge in [-0.1, -0.05) is 35.6 Å². The topological polar surface area (TPSA) is 59.4 Å². The summed E-state index contributed by atoms with van der Waals surface area (Å²) in [4.78, 5) is 19.6. The summed E-state index contributed by atoms with van der Waals surface area (Å²) in [5.74, 6) is 0.746. The summed E-state index contributed by atoms with van der Waals surface area (Å²) in [6.45, 7) is 8.95. The fourth-order valence-electron chi connectivity index (χ4n) is 4.50. The van der Waals surface area contributed by atoms with E-state index in [-0.39, 0.29) is 5.91 Å². The molecule has 0 bridgehead atoms. The molecule has 0 aromatic carbocycles. The second kappa shape index (κ2) is 9.00. The van der Waals surface area contributed by atoms with Crippen molar-refractivity contribution in [3.63, 3.8) is 0 Å². The summed E-state index contributed by atoms with van der Waals surface area (Å²) in [5, 5.41) is 5.19. The van der Waals surface area contributed by atoms with E-state index in [9.17, 15) is 4.79 Å². The molecule has 0 radical (unpaired) electrons. The number of amides is 1. The van der Waals surface area contributed by atoms with Crippen LogP contribution in [-0.2, 0) is 11.5 Å². The molecule has 6 nitrogen and oxygen atoms in total. The second-order valence-electron chi connectivity index (χ2n) is 9.85. The highest BCUT2D eigenvalue weighted by Gasteiger charge is 2.33. The highest BCUT2D eigenvalue weighted by Crippen LogP contribution is 2.37. The Morgan fingerprint density at radius 3 is 2.73 bits per heavy atom. The lowest BCUT2D eigenvalue weighted by atomic mass is 9.86. The van der Waals surface area contributed by atoms with Gasteiger partial charge in [-0.2, -0.15) is 0 Å². The lowest BCUT2D eigenvalue weighted by Crippen LogP contribution is -2.49. The molecule has 1 fully saturated rings. The molecule has 164 valence electrons. The summed E-state index contributed by atoms with van der Waals surface area (Å²) in [6.07, 6.45) is 8.57. The molecule has 0 spiro atoms. The van der Waals surface area contributed by atoms with Gasteiger partial charge >= 0.3 is 0 Å². The Bertz CT molecular complexity index is 902. The number of carbonyl (C=O) groups excluding carboxylic acids is 1. The molecule has 2 aliphatic rings. The van der Waals surface area contributed by atoms with Gasteiger partial charge in [0.1, 0.15) is 12.4 Å². The third-order valence-electron chi connectivity index (χ3n) is 6.40. The zero-order valence-corrected chi connectivity index (χ0v) is 20.9. The van der Waals surface area contributed by atoms with Crippen molar-refractivity contribution in [1.82, 2.24) is 14.9 Å². The molecule has 2 aromatic rings. The van der Waals surface area contributed by atoms with Crippen LogP contribution in [0, 0.1) is 5.92 Å². The van der Waals surface area contributed by atoms with Crippen molar-refractivity contribution in [2.45, 2.75) is 64.1 Å². The standard InChI is InChI=1S/C22H33BrN4O2Si/c1-30(2,3)11-10-29-15-26-9-8-18-20-19(13-24-21(18)26)22(28)25-14-27(20)17-6-4-16(12-23)5-7-17/h8-9,13,16-17H,4-7,10-12,14-15H2,1-3H3,(H,25,28)/t16-,17-. The van der Waals surface area contributed by atoms with Crippen molar-refractivity contribution >= 4 is 46.6 Å². The van der Waals surface area contributed by atoms with Gasteiger partial charge in [-0.05, 0) is 43.7 Å². The highest BCUT2D eigenvalue weighted by molar-refractivity contribution is 9.09. The molecule has 8 heteroatoms. The average molecular weight is 494 g/mol. The van der Waals surface area contributed by atoms with Crippen LogP contribution in [0.15, 0.2) is 18.5 Å². The average Bonchev–Trinajstić information content (AvgIpc) is 3.14. The van der Waals surface area contributed by atoms with E-state index < -0.39 is 8.07 Å². The first-order valence-electron chi connectivity index (χ1n) is 11.0. The van der Waals surface area contributed by atoms with Crippen molar-refractivity contribution in [2.24, 2.45) is 5.92 Å². The number of nitrogens with zero attached hydrogens (tertiary/aromatic N) is 3. The molecule has 0 atom stereocenters. The van der Waals surface area contributed by atoms with E-state index in [0.29, 0.717) is 25.0 Å². The number of anilines is 1. The number of alkyl halides is 1. The van der Waals surface area contributed by atoms with E-state index in [1.165, 1.54) is 12.8 Å². The Morgan fingerprint density at radius 2 is 2.03 bits per heavy atom. The molecule has 0 unspecified atom stereocenters. The number of aromatic nitrogens is 2. The number of hydrogen-bond acceptors (Lipinski definition) is 4. The van der Waals surface area contributed by atoms with E-state index in [1.54, 1.807) is 6.20 Å². The number of hydrogen-bond donors (Lipinski definition) is 1. The smallest absolute Gasteiger partial charge is 0.256 e. The maximum absolute atomic E-state index is 12.6. The van der Waals surface area contributed by atoms with Gasteiger partial charge in [0.05, 0.1) is 17.9 Å². The molecule has 3 heterocycles. The molecule has 1 amide bonds. The van der Waals surface area contributed by atoms with E-state index >= 15 is 0 Å². The molecule has 2 aromatic heterocycles. The Kier molecular flexibility index (Phi) is 6.55.